The highest BCUT2D eigenvalue weighted by Crippen LogP contribution is 2.28. The number of fused-ring (bicyclic) bond motifs is 1. The molecule has 0 atom stereocenters. The third kappa shape index (κ3) is 3.84. The van der Waals surface area contributed by atoms with Crippen LogP contribution in [0.2, 0.25) is 0 Å². The number of nitrogens with zero attached hydrogens (tertiary/aromatic N) is 6. The highest BCUT2D eigenvalue weighted by Gasteiger charge is 2.32. The minimum Gasteiger partial charge on any atom is -0.340 e. The van der Waals surface area contributed by atoms with E-state index in [1.165, 1.54) is 15.6 Å². The number of carbonyl (C=O) groups is 1. The van der Waals surface area contributed by atoms with Crippen LogP contribution in [0.5, 0.6) is 0 Å². The summed E-state index contributed by atoms with van der Waals surface area (Å²) >= 11 is 1.48. The normalized spacial score (nSPS) is 15.8. The van der Waals surface area contributed by atoms with Crippen molar-refractivity contribution in [3.63, 3.8) is 0 Å². The van der Waals surface area contributed by atoms with Crippen LogP contribution in [0.4, 0.5) is 0 Å². The molecule has 1 aliphatic heterocycles. The Bertz CT molecular complexity index is 1220. The largest absolute Gasteiger partial charge is 0.340 e. The van der Waals surface area contributed by atoms with Crippen LogP contribution in [0, 0.1) is 27.7 Å². The molecule has 0 saturated carbocycles. The summed E-state index contributed by atoms with van der Waals surface area (Å²) in [7, 11) is -3.54. The van der Waals surface area contributed by atoms with E-state index in [0.29, 0.717) is 29.6 Å². The second-order valence-corrected chi connectivity index (χ2v) is 10.9. The first-order valence-corrected chi connectivity index (χ1v) is 12.0. The number of sulfonamides is 1. The van der Waals surface area contributed by atoms with Gasteiger partial charge in [-0.05, 0) is 39.8 Å². The molecule has 3 aromatic heterocycles. The standard InChI is InChI=1S/C19H24N6O3S2/c1-12-9-13(2)25-19(20-12)21-17(22-25)11-18(26)23-5-7-24(8-6-23)30(27,28)16-10-14(3)29-15(16)4/h9-10H,5-8,11H2,1-4H3. The van der Waals surface area contributed by atoms with Gasteiger partial charge in [-0.1, -0.05) is 0 Å². The first kappa shape index (κ1) is 20.9. The van der Waals surface area contributed by atoms with Crippen LogP contribution < -0.4 is 0 Å². The van der Waals surface area contributed by atoms with Crippen molar-refractivity contribution in [1.29, 1.82) is 0 Å². The molecule has 0 aromatic carbocycles. The van der Waals surface area contributed by atoms with Crippen LogP contribution in [0.3, 0.4) is 0 Å². The van der Waals surface area contributed by atoms with Crippen molar-refractivity contribution in [2.45, 2.75) is 39.0 Å². The maximum Gasteiger partial charge on any atom is 0.252 e. The van der Waals surface area contributed by atoms with E-state index >= 15 is 0 Å². The Labute approximate surface area is 179 Å². The van der Waals surface area contributed by atoms with Gasteiger partial charge >= 0.3 is 0 Å². The smallest absolute Gasteiger partial charge is 0.252 e. The molecule has 0 N–H and O–H groups in total. The topological polar surface area (TPSA) is 101 Å². The van der Waals surface area contributed by atoms with Gasteiger partial charge in [0.05, 0.1) is 11.3 Å². The van der Waals surface area contributed by atoms with E-state index in [9.17, 15) is 13.2 Å². The predicted octanol–water partition coefficient (Wildman–Crippen LogP) is 1.50. The number of hydrogen-bond acceptors (Lipinski definition) is 7. The van der Waals surface area contributed by atoms with Gasteiger partial charge in [0, 0.05) is 47.3 Å². The van der Waals surface area contributed by atoms with Crippen LogP contribution in [0.15, 0.2) is 17.0 Å². The summed E-state index contributed by atoms with van der Waals surface area (Å²) in [5.74, 6) is 0.785. The number of rotatable bonds is 4. The second-order valence-electron chi connectivity index (χ2n) is 7.52. The van der Waals surface area contributed by atoms with Crippen molar-refractivity contribution in [3.05, 3.63) is 39.1 Å². The van der Waals surface area contributed by atoms with Crippen molar-refractivity contribution < 1.29 is 13.2 Å². The van der Waals surface area contributed by atoms with Gasteiger partial charge < -0.3 is 4.90 Å². The molecule has 4 rings (SSSR count). The Morgan fingerprint density at radius 3 is 2.40 bits per heavy atom. The zero-order chi connectivity index (χ0) is 21.6. The molecule has 0 unspecified atom stereocenters. The number of amides is 1. The molecule has 30 heavy (non-hydrogen) atoms. The minimum atomic E-state index is -3.54. The number of aromatic nitrogens is 4. The number of carbonyl (C=O) groups excluding carboxylic acids is 1. The third-order valence-electron chi connectivity index (χ3n) is 5.18. The van der Waals surface area contributed by atoms with E-state index in [1.807, 2.05) is 33.8 Å². The van der Waals surface area contributed by atoms with E-state index in [-0.39, 0.29) is 25.4 Å². The van der Waals surface area contributed by atoms with Crippen molar-refractivity contribution in [2.75, 3.05) is 26.2 Å². The van der Waals surface area contributed by atoms with Crippen molar-refractivity contribution in [3.8, 4) is 0 Å². The molecule has 1 fully saturated rings. The molecule has 0 bridgehead atoms. The maximum atomic E-state index is 12.9. The zero-order valence-electron chi connectivity index (χ0n) is 17.4. The van der Waals surface area contributed by atoms with Gasteiger partial charge in [0.25, 0.3) is 5.78 Å². The van der Waals surface area contributed by atoms with Gasteiger partial charge in [-0.15, -0.1) is 16.4 Å². The Balaban J connectivity index is 1.42. The molecule has 4 heterocycles. The highest BCUT2D eigenvalue weighted by atomic mass is 32.2. The fraction of sp³-hybridized carbons (Fsp3) is 0.474. The summed E-state index contributed by atoms with van der Waals surface area (Å²) in [6.07, 6.45) is 0.0669. The SMILES string of the molecule is Cc1cc(C)n2nc(CC(=O)N3CCN(S(=O)(=O)c4cc(C)sc4C)CC3)nc2n1. The van der Waals surface area contributed by atoms with Gasteiger partial charge in [-0.25, -0.2) is 17.9 Å². The lowest BCUT2D eigenvalue weighted by atomic mass is 10.3. The molecule has 1 amide bonds. The van der Waals surface area contributed by atoms with Crippen LogP contribution in [-0.4, -0.2) is 69.3 Å². The van der Waals surface area contributed by atoms with Gasteiger partial charge in [0.15, 0.2) is 5.82 Å². The van der Waals surface area contributed by atoms with E-state index < -0.39 is 10.0 Å². The average molecular weight is 449 g/mol. The molecule has 3 aromatic rings. The lowest BCUT2D eigenvalue weighted by Gasteiger charge is -2.33. The van der Waals surface area contributed by atoms with Crippen LogP contribution in [0.25, 0.3) is 5.78 Å². The number of aryl methyl sites for hydroxylation is 4. The molecule has 11 heteroatoms. The summed E-state index contributed by atoms with van der Waals surface area (Å²) in [6, 6.07) is 3.63. The summed E-state index contributed by atoms with van der Waals surface area (Å²) < 4.78 is 29.0. The number of piperazine rings is 1. The minimum absolute atomic E-state index is 0.0669. The van der Waals surface area contributed by atoms with Crippen LogP contribution in [-0.2, 0) is 21.2 Å². The Morgan fingerprint density at radius 2 is 1.77 bits per heavy atom. The van der Waals surface area contributed by atoms with Crippen molar-refractivity contribution in [1.82, 2.24) is 28.8 Å². The molecular weight excluding hydrogens is 424 g/mol. The molecule has 160 valence electrons. The predicted molar refractivity (Wildman–Crippen MR) is 113 cm³/mol. The monoisotopic (exact) mass is 448 g/mol. The van der Waals surface area contributed by atoms with Gasteiger partial charge in [-0.2, -0.15) is 9.29 Å². The first-order valence-electron chi connectivity index (χ1n) is 9.70. The quantitative estimate of drug-likeness (QED) is 0.600. The lowest BCUT2D eigenvalue weighted by Crippen LogP contribution is -2.50. The molecule has 0 spiro atoms. The van der Waals surface area contributed by atoms with E-state index in [0.717, 1.165) is 21.1 Å². The van der Waals surface area contributed by atoms with Crippen molar-refractivity contribution in [2.24, 2.45) is 0 Å². The Kier molecular flexibility index (Phi) is 5.37. The highest BCUT2D eigenvalue weighted by molar-refractivity contribution is 7.89. The van der Waals surface area contributed by atoms with E-state index in [4.69, 9.17) is 0 Å². The van der Waals surface area contributed by atoms with Crippen molar-refractivity contribution >= 4 is 33.0 Å². The van der Waals surface area contributed by atoms with Crippen LogP contribution >= 0.6 is 11.3 Å². The number of hydrogen-bond donors (Lipinski definition) is 0. The Morgan fingerprint density at radius 1 is 1.07 bits per heavy atom. The lowest BCUT2D eigenvalue weighted by molar-refractivity contribution is -0.131. The van der Waals surface area contributed by atoms with Gasteiger partial charge in [0.2, 0.25) is 15.9 Å². The fourth-order valence-corrected chi connectivity index (χ4v) is 6.66. The molecule has 9 nitrogen and oxygen atoms in total. The summed E-state index contributed by atoms with van der Waals surface area (Å²) in [5.41, 5.74) is 1.75. The third-order valence-corrected chi connectivity index (χ3v) is 8.30. The average Bonchev–Trinajstić information content (AvgIpc) is 3.24. The maximum absolute atomic E-state index is 12.9. The summed E-state index contributed by atoms with van der Waals surface area (Å²) in [6.45, 7) is 8.79. The number of thiophene rings is 1. The summed E-state index contributed by atoms with van der Waals surface area (Å²) in [5, 5.41) is 4.38. The first-order chi connectivity index (χ1) is 14.1. The summed E-state index contributed by atoms with van der Waals surface area (Å²) in [4.78, 5) is 25.3. The van der Waals surface area contributed by atoms with E-state index in [2.05, 4.69) is 15.1 Å². The molecule has 0 aliphatic carbocycles. The molecule has 1 aliphatic rings. The zero-order valence-corrected chi connectivity index (χ0v) is 19.0. The molecule has 0 radical (unpaired) electrons. The van der Waals surface area contributed by atoms with E-state index in [1.54, 1.807) is 15.5 Å². The van der Waals surface area contributed by atoms with Gasteiger partial charge in [-0.3, -0.25) is 4.79 Å². The van der Waals surface area contributed by atoms with Crippen LogP contribution in [0.1, 0.15) is 27.0 Å². The molecular formula is C19H24N6O3S2. The Hall–Kier alpha value is -2.37. The second kappa shape index (κ2) is 7.71. The molecule has 1 saturated heterocycles. The fourth-order valence-electron chi connectivity index (χ4n) is 3.71. The van der Waals surface area contributed by atoms with Gasteiger partial charge in [0.1, 0.15) is 0 Å².